The van der Waals surface area contributed by atoms with Gasteiger partial charge in [0.2, 0.25) is 5.91 Å². The second kappa shape index (κ2) is 7.05. The summed E-state index contributed by atoms with van der Waals surface area (Å²) in [4.78, 5) is 24.3. The lowest BCUT2D eigenvalue weighted by Gasteiger charge is -2.08. The first-order chi connectivity index (χ1) is 11.6. The lowest BCUT2D eigenvalue weighted by molar-refractivity contribution is -0.117. The summed E-state index contributed by atoms with van der Waals surface area (Å²) in [5.74, 6) is -0.0785. The van der Waals surface area contributed by atoms with Crippen LogP contribution in [0.15, 0.2) is 48.5 Å². The average molecular weight is 343 g/mol. The zero-order chi connectivity index (χ0) is 17.1. The van der Waals surface area contributed by atoms with E-state index in [0.29, 0.717) is 22.8 Å². The Bertz CT molecular complexity index is 775. The number of carbonyl (C=O) groups is 2. The molecule has 0 unspecified atom stereocenters. The van der Waals surface area contributed by atoms with Gasteiger partial charge >= 0.3 is 0 Å². The van der Waals surface area contributed by atoms with Crippen molar-refractivity contribution in [1.29, 1.82) is 0 Å². The standard InChI is InChI=1S/C19H19ClN2O2/c1-2-21-18(23)12-6-5-7-13(10-12)22-19(24)16-11-15(16)14-8-3-4-9-17(14)20/h3-10,15-16H,2,11H2,1H3,(H,21,23)(H,22,24)/t15-,16+/m0/s1. The van der Waals surface area contributed by atoms with E-state index < -0.39 is 0 Å². The van der Waals surface area contributed by atoms with E-state index in [1.807, 2.05) is 31.2 Å². The molecule has 1 fully saturated rings. The molecule has 0 radical (unpaired) electrons. The van der Waals surface area contributed by atoms with E-state index in [1.54, 1.807) is 24.3 Å². The van der Waals surface area contributed by atoms with Gasteiger partial charge in [0, 0.05) is 28.7 Å². The van der Waals surface area contributed by atoms with Crippen LogP contribution in [0.2, 0.25) is 5.02 Å². The van der Waals surface area contributed by atoms with Gasteiger partial charge in [-0.05, 0) is 49.1 Å². The summed E-state index contributed by atoms with van der Waals surface area (Å²) < 4.78 is 0. The molecular formula is C19H19ClN2O2. The van der Waals surface area contributed by atoms with Crippen LogP contribution >= 0.6 is 11.6 Å². The Morgan fingerprint density at radius 2 is 1.96 bits per heavy atom. The quantitative estimate of drug-likeness (QED) is 0.867. The lowest BCUT2D eigenvalue weighted by atomic mass is 10.1. The van der Waals surface area contributed by atoms with E-state index >= 15 is 0 Å². The molecule has 0 spiro atoms. The fourth-order valence-corrected chi connectivity index (χ4v) is 3.12. The van der Waals surface area contributed by atoms with Gasteiger partial charge in [0.1, 0.15) is 0 Å². The van der Waals surface area contributed by atoms with E-state index in [1.165, 1.54) is 0 Å². The monoisotopic (exact) mass is 342 g/mol. The van der Waals surface area contributed by atoms with E-state index in [9.17, 15) is 9.59 Å². The first-order valence-corrected chi connectivity index (χ1v) is 8.41. The molecule has 2 N–H and O–H groups in total. The van der Waals surface area contributed by atoms with Crippen LogP contribution in [0.5, 0.6) is 0 Å². The van der Waals surface area contributed by atoms with Crippen molar-refractivity contribution in [1.82, 2.24) is 5.32 Å². The molecule has 1 aliphatic carbocycles. The molecule has 4 nitrogen and oxygen atoms in total. The molecule has 0 saturated heterocycles. The fourth-order valence-electron chi connectivity index (χ4n) is 2.84. The number of hydrogen-bond donors (Lipinski definition) is 2. The fraction of sp³-hybridized carbons (Fsp3) is 0.263. The van der Waals surface area contributed by atoms with Crippen LogP contribution in [-0.2, 0) is 4.79 Å². The summed E-state index contributed by atoms with van der Waals surface area (Å²) in [5, 5.41) is 6.35. The van der Waals surface area contributed by atoms with E-state index in [4.69, 9.17) is 11.6 Å². The molecule has 1 aliphatic rings. The third-order valence-corrected chi connectivity index (χ3v) is 4.51. The zero-order valence-corrected chi connectivity index (χ0v) is 14.1. The lowest BCUT2D eigenvalue weighted by Crippen LogP contribution is -2.23. The maximum absolute atomic E-state index is 12.4. The van der Waals surface area contributed by atoms with E-state index in [0.717, 1.165) is 12.0 Å². The van der Waals surface area contributed by atoms with Crippen LogP contribution in [0.1, 0.15) is 35.2 Å². The number of rotatable bonds is 5. The summed E-state index contributed by atoms with van der Waals surface area (Å²) in [6, 6.07) is 14.6. The van der Waals surface area contributed by atoms with Crippen LogP contribution in [0.4, 0.5) is 5.69 Å². The molecule has 2 amide bonds. The first-order valence-electron chi connectivity index (χ1n) is 8.03. The average Bonchev–Trinajstić information content (AvgIpc) is 3.36. The molecule has 0 aromatic heterocycles. The van der Waals surface area contributed by atoms with Gasteiger partial charge in [-0.1, -0.05) is 35.9 Å². The highest BCUT2D eigenvalue weighted by molar-refractivity contribution is 6.31. The number of halogens is 1. The van der Waals surface area contributed by atoms with Gasteiger partial charge in [0.15, 0.2) is 0 Å². The molecule has 0 bridgehead atoms. The minimum Gasteiger partial charge on any atom is -0.352 e. The highest BCUT2D eigenvalue weighted by atomic mass is 35.5. The minimum atomic E-state index is -0.144. The Balaban J connectivity index is 1.65. The molecule has 124 valence electrons. The summed E-state index contributed by atoms with van der Waals surface area (Å²) >= 11 is 6.20. The van der Waals surface area contributed by atoms with Gasteiger partial charge in [-0.15, -0.1) is 0 Å². The van der Waals surface area contributed by atoms with Gasteiger partial charge < -0.3 is 10.6 Å². The van der Waals surface area contributed by atoms with Crippen molar-refractivity contribution in [2.75, 3.05) is 11.9 Å². The normalized spacial score (nSPS) is 18.8. The van der Waals surface area contributed by atoms with Gasteiger partial charge in [-0.2, -0.15) is 0 Å². The molecule has 24 heavy (non-hydrogen) atoms. The zero-order valence-electron chi connectivity index (χ0n) is 13.4. The Hall–Kier alpha value is -2.33. The van der Waals surface area contributed by atoms with Crippen molar-refractivity contribution in [3.8, 4) is 0 Å². The molecule has 5 heteroatoms. The number of nitrogens with one attached hydrogen (secondary N) is 2. The van der Waals surface area contributed by atoms with Crippen molar-refractivity contribution >= 4 is 29.1 Å². The maximum atomic E-state index is 12.4. The van der Waals surface area contributed by atoms with Crippen molar-refractivity contribution in [2.45, 2.75) is 19.3 Å². The summed E-state index contributed by atoms with van der Waals surface area (Å²) in [6.07, 6.45) is 0.797. The van der Waals surface area contributed by atoms with Gasteiger partial charge in [-0.3, -0.25) is 9.59 Å². The highest BCUT2D eigenvalue weighted by Crippen LogP contribution is 2.49. The Morgan fingerprint density at radius 3 is 2.71 bits per heavy atom. The summed E-state index contributed by atoms with van der Waals surface area (Å²) in [6.45, 7) is 2.43. The minimum absolute atomic E-state index is 0.0343. The Kier molecular flexibility index (Phi) is 4.86. The van der Waals surface area contributed by atoms with Crippen molar-refractivity contribution in [3.63, 3.8) is 0 Å². The van der Waals surface area contributed by atoms with Crippen LogP contribution in [0, 0.1) is 5.92 Å². The molecule has 0 aliphatic heterocycles. The van der Waals surface area contributed by atoms with Crippen LogP contribution < -0.4 is 10.6 Å². The third kappa shape index (κ3) is 3.60. The number of carbonyl (C=O) groups excluding carboxylic acids is 2. The van der Waals surface area contributed by atoms with Gasteiger partial charge in [0.25, 0.3) is 5.91 Å². The van der Waals surface area contributed by atoms with Crippen LogP contribution in [0.3, 0.4) is 0 Å². The number of hydrogen-bond acceptors (Lipinski definition) is 2. The predicted molar refractivity (Wildman–Crippen MR) is 95.4 cm³/mol. The smallest absolute Gasteiger partial charge is 0.251 e. The molecule has 3 rings (SSSR count). The van der Waals surface area contributed by atoms with Crippen molar-refractivity contribution < 1.29 is 9.59 Å². The second-order valence-electron chi connectivity index (χ2n) is 5.90. The molecule has 2 aromatic carbocycles. The second-order valence-corrected chi connectivity index (χ2v) is 6.31. The molecule has 0 heterocycles. The Morgan fingerprint density at radius 1 is 1.17 bits per heavy atom. The number of amides is 2. The largest absolute Gasteiger partial charge is 0.352 e. The van der Waals surface area contributed by atoms with Gasteiger partial charge in [-0.25, -0.2) is 0 Å². The van der Waals surface area contributed by atoms with Crippen molar-refractivity contribution in [3.05, 3.63) is 64.7 Å². The van der Waals surface area contributed by atoms with Crippen molar-refractivity contribution in [2.24, 2.45) is 5.92 Å². The highest BCUT2D eigenvalue weighted by Gasteiger charge is 2.44. The predicted octanol–water partition coefficient (Wildman–Crippen LogP) is 3.83. The van der Waals surface area contributed by atoms with Crippen LogP contribution in [-0.4, -0.2) is 18.4 Å². The number of anilines is 1. The molecule has 1 saturated carbocycles. The summed E-state index contributed by atoms with van der Waals surface area (Å²) in [5.41, 5.74) is 2.19. The summed E-state index contributed by atoms with van der Waals surface area (Å²) in [7, 11) is 0. The maximum Gasteiger partial charge on any atom is 0.251 e. The first kappa shape index (κ1) is 16.5. The van der Waals surface area contributed by atoms with Gasteiger partial charge in [0.05, 0.1) is 0 Å². The van der Waals surface area contributed by atoms with Crippen LogP contribution in [0.25, 0.3) is 0 Å². The Labute approximate surface area is 146 Å². The van der Waals surface area contributed by atoms with E-state index in [-0.39, 0.29) is 23.7 Å². The SMILES string of the molecule is CCNC(=O)c1cccc(NC(=O)[C@@H]2C[C@H]2c2ccccc2Cl)c1. The topological polar surface area (TPSA) is 58.2 Å². The number of benzene rings is 2. The third-order valence-electron chi connectivity index (χ3n) is 4.16. The molecular weight excluding hydrogens is 324 g/mol. The molecule has 2 aromatic rings. The molecule has 2 atom stereocenters. The van der Waals surface area contributed by atoms with E-state index in [2.05, 4.69) is 10.6 Å².